The lowest BCUT2D eigenvalue weighted by Gasteiger charge is -2.01. The van der Waals surface area contributed by atoms with Crippen LogP contribution in [0.5, 0.6) is 5.75 Å². The minimum absolute atomic E-state index is 0.0188. The van der Waals surface area contributed by atoms with Gasteiger partial charge in [-0.15, -0.1) is 11.6 Å². The fraction of sp³-hybridized carbons (Fsp3) is 0.200. The van der Waals surface area contributed by atoms with Crippen LogP contribution in [0.4, 0.5) is 5.69 Å². The molecule has 15 heavy (non-hydrogen) atoms. The van der Waals surface area contributed by atoms with Crippen LogP contribution in [-0.2, 0) is 0 Å². The summed E-state index contributed by atoms with van der Waals surface area (Å²) in [6.45, 7) is 0. The van der Waals surface area contributed by atoms with Crippen LogP contribution in [0.15, 0.2) is 18.2 Å². The zero-order valence-electron chi connectivity index (χ0n) is 7.99. The molecule has 0 bridgehead atoms. The van der Waals surface area contributed by atoms with Crippen LogP contribution in [0.3, 0.4) is 0 Å². The SMILES string of the molecule is COc1ccc([N+](=O)[O-])cc1C#CCCl. The van der Waals surface area contributed by atoms with Crippen molar-refractivity contribution in [3.8, 4) is 17.6 Å². The molecule has 0 spiro atoms. The van der Waals surface area contributed by atoms with Crippen molar-refractivity contribution in [3.05, 3.63) is 33.9 Å². The quantitative estimate of drug-likeness (QED) is 0.336. The molecule has 0 saturated heterocycles. The van der Waals surface area contributed by atoms with Crippen molar-refractivity contribution in [2.75, 3.05) is 13.0 Å². The number of rotatable bonds is 2. The second kappa shape index (κ2) is 5.23. The Bertz CT molecular complexity index is 434. The molecule has 0 aliphatic heterocycles. The van der Waals surface area contributed by atoms with Gasteiger partial charge in [0.15, 0.2) is 0 Å². The molecule has 1 aromatic carbocycles. The maximum Gasteiger partial charge on any atom is 0.270 e. The first-order chi connectivity index (χ1) is 7.19. The fourth-order valence-corrected chi connectivity index (χ4v) is 1.10. The highest BCUT2D eigenvalue weighted by atomic mass is 35.5. The predicted molar refractivity (Wildman–Crippen MR) is 57.2 cm³/mol. The molecule has 5 heteroatoms. The molecular formula is C10H8ClNO3. The first kappa shape index (κ1) is 11.3. The molecule has 0 saturated carbocycles. The van der Waals surface area contributed by atoms with Crippen LogP contribution in [-0.4, -0.2) is 17.9 Å². The Kier molecular flexibility index (Phi) is 3.95. The highest BCUT2D eigenvalue weighted by Crippen LogP contribution is 2.22. The standard InChI is InChI=1S/C10H8ClNO3/c1-15-10-5-4-9(12(13)14)7-8(10)3-2-6-11/h4-5,7H,6H2,1H3. The van der Waals surface area contributed by atoms with E-state index in [2.05, 4.69) is 11.8 Å². The number of halogens is 1. The van der Waals surface area contributed by atoms with E-state index < -0.39 is 4.92 Å². The number of hydrogen-bond acceptors (Lipinski definition) is 3. The van der Waals surface area contributed by atoms with Crippen LogP contribution in [0.25, 0.3) is 0 Å². The van der Waals surface area contributed by atoms with Crippen LogP contribution in [0.2, 0.25) is 0 Å². The predicted octanol–water partition coefficient (Wildman–Crippen LogP) is 2.19. The Morgan fingerprint density at radius 2 is 2.33 bits per heavy atom. The van der Waals surface area contributed by atoms with E-state index in [1.54, 1.807) is 0 Å². The smallest absolute Gasteiger partial charge is 0.270 e. The van der Waals surface area contributed by atoms with Crippen LogP contribution in [0.1, 0.15) is 5.56 Å². The van der Waals surface area contributed by atoms with Crippen LogP contribution in [0, 0.1) is 22.0 Å². The van der Waals surface area contributed by atoms with E-state index in [0.29, 0.717) is 11.3 Å². The maximum absolute atomic E-state index is 10.5. The molecule has 4 nitrogen and oxygen atoms in total. The molecule has 0 fully saturated rings. The summed E-state index contributed by atoms with van der Waals surface area (Å²) in [7, 11) is 1.48. The number of nitrogens with zero attached hydrogens (tertiary/aromatic N) is 1. The number of non-ortho nitro benzene ring substituents is 1. The summed E-state index contributed by atoms with van der Waals surface area (Å²) >= 11 is 5.40. The summed E-state index contributed by atoms with van der Waals surface area (Å²) in [5, 5.41) is 10.5. The van der Waals surface area contributed by atoms with Crippen LogP contribution < -0.4 is 4.74 Å². The van der Waals surface area contributed by atoms with Gasteiger partial charge in [-0.05, 0) is 6.07 Å². The Labute approximate surface area is 92.0 Å². The van der Waals surface area contributed by atoms with Crippen molar-refractivity contribution in [2.45, 2.75) is 0 Å². The summed E-state index contributed by atoms with van der Waals surface area (Å²) in [6.07, 6.45) is 0. The molecule has 0 amide bonds. The number of methoxy groups -OCH3 is 1. The molecule has 0 aliphatic carbocycles. The maximum atomic E-state index is 10.5. The average Bonchev–Trinajstić information content (AvgIpc) is 2.25. The van der Waals surface area contributed by atoms with Gasteiger partial charge >= 0.3 is 0 Å². The van der Waals surface area contributed by atoms with Gasteiger partial charge in [0.2, 0.25) is 0 Å². The van der Waals surface area contributed by atoms with Gasteiger partial charge in [-0.2, -0.15) is 0 Å². The summed E-state index contributed by atoms with van der Waals surface area (Å²) in [5.41, 5.74) is 0.446. The van der Waals surface area contributed by atoms with Gasteiger partial charge in [-0.3, -0.25) is 10.1 Å². The molecule has 0 N–H and O–H groups in total. The molecular weight excluding hydrogens is 218 g/mol. The van der Waals surface area contributed by atoms with E-state index in [-0.39, 0.29) is 11.6 Å². The minimum atomic E-state index is -0.481. The largest absolute Gasteiger partial charge is 0.495 e. The molecule has 0 radical (unpaired) electrons. The molecule has 0 atom stereocenters. The third-order valence-corrected chi connectivity index (χ3v) is 1.82. The van der Waals surface area contributed by atoms with Crippen molar-refractivity contribution in [3.63, 3.8) is 0 Å². The van der Waals surface area contributed by atoms with Crippen molar-refractivity contribution in [1.29, 1.82) is 0 Å². The molecule has 78 valence electrons. The van der Waals surface area contributed by atoms with Crippen molar-refractivity contribution in [2.24, 2.45) is 0 Å². The summed E-state index contributed by atoms with van der Waals surface area (Å²) < 4.78 is 5.01. The fourth-order valence-electron chi connectivity index (χ4n) is 1.04. The van der Waals surface area contributed by atoms with E-state index in [4.69, 9.17) is 16.3 Å². The second-order valence-corrected chi connectivity index (χ2v) is 2.84. The third kappa shape index (κ3) is 2.86. The highest BCUT2D eigenvalue weighted by Gasteiger charge is 2.09. The van der Waals surface area contributed by atoms with E-state index >= 15 is 0 Å². The van der Waals surface area contributed by atoms with E-state index in [1.807, 2.05) is 0 Å². The summed E-state index contributed by atoms with van der Waals surface area (Å²) in [5.74, 6) is 5.99. The molecule has 0 heterocycles. The van der Waals surface area contributed by atoms with Gasteiger partial charge in [0.25, 0.3) is 5.69 Å². The number of hydrogen-bond donors (Lipinski definition) is 0. The number of benzene rings is 1. The first-order valence-corrected chi connectivity index (χ1v) is 4.59. The van der Waals surface area contributed by atoms with Crippen molar-refractivity contribution in [1.82, 2.24) is 0 Å². The topological polar surface area (TPSA) is 52.4 Å². The number of alkyl halides is 1. The summed E-state index contributed by atoms with van der Waals surface area (Å²) in [4.78, 5) is 10.0. The first-order valence-electron chi connectivity index (χ1n) is 4.06. The number of nitro groups is 1. The van der Waals surface area contributed by atoms with Gasteiger partial charge in [0.05, 0.1) is 23.5 Å². The lowest BCUT2D eigenvalue weighted by Crippen LogP contribution is -1.92. The monoisotopic (exact) mass is 225 g/mol. The number of nitro benzene ring substituents is 1. The Morgan fingerprint density at radius 1 is 1.60 bits per heavy atom. The van der Waals surface area contributed by atoms with Gasteiger partial charge in [0.1, 0.15) is 5.75 Å². The van der Waals surface area contributed by atoms with E-state index in [1.165, 1.54) is 25.3 Å². The Hall–Kier alpha value is -1.73. The second-order valence-electron chi connectivity index (χ2n) is 2.58. The lowest BCUT2D eigenvalue weighted by molar-refractivity contribution is -0.384. The van der Waals surface area contributed by atoms with E-state index in [0.717, 1.165) is 0 Å². The van der Waals surface area contributed by atoms with Crippen molar-refractivity contribution >= 4 is 17.3 Å². The summed E-state index contributed by atoms with van der Waals surface area (Å²) in [6, 6.07) is 4.24. The number of ether oxygens (including phenoxy) is 1. The average molecular weight is 226 g/mol. The molecule has 1 rings (SSSR count). The molecule has 1 aromatic rings. The zero-order valence-corrected chi connectivity index (χ0v) is 8.75. The van der Waals surface area contributed by atoms with Gasteiger partial charge < -0.3 is 4.74 Å². The zero-order chi connectivity index (χ0) is 11.3. The Balaban J connectivity index is 3.19. The highest BCUT2D eigenvalue weighted by molar-refractivity contribution is 6.19. The van der Waals surface area contributed by atoms with Crippen LogP contribution >= 0.6 is 11.6 Å². The van der Waals surface area contributed by atoms with Gasteiger partial charge in [-0.25, -0.2) is 0 Å². The molecule has 0 aliphatic rings. The minimum Gasteiger partial charge on any atom is -0.495 e. The molecule has 0 unspecified atom stereocenters. The normalized spacial score (nSPS) is 8.93. The van der Waals surface area contributed by atoms with Gasteiger partial charge in [0, 0.05) is 12.1 Å². The van der Waals surface area contributed by atoms with Gasteiger partial charge in [-0.1, -0.05) is 11.8 Å². The Morgan fingerprint density at radius 3 is 2.87 bits per heavy atom. The molecule has 0 aromatic heterocycles. The van der Waals surface area contributed by atoms with Crippen molar-refractivity contribution < 1.29 is 9.66 Å². The lowest BCUT2D eigenvalue weighted by atomic mass is 10.2. The van der Waals surface area contributed by atoms with E-state index in [9.17, 15) is 10.1 Å². The third-order valence-electron chi connectivity index (χ3n) is 1.68.